The molecule has 0 aromatic heterocycles. The van der Waals surface area contributed by atoms with E-state index in [2.05, 4.69) is 11.9 Å². The Hall–Kier alpha value is 0.170. The Morgan fingerprint density at radius 3 is 2.69 bits per heavy atom. The van der Waals surface area contributed by atoms with Crippen molar-refractivity contribution in [1.82, 2.24) is 0 Å². The van der Waals surface area contributed by atoms with Crippen LogP contribution >= 0.6 is 23.5 Å². The standard InChI is InChI=1S/C9H18N2S2/c1-3-7-8(9(10)11-4-2)13-6-5-12-7/h7-8H,3-6H2,1-2H3,(H2,10,11). The molecule has 0 aliphatic carbocycles. The van der Waals surface area contributed by atoms with Crippen molar-refractivity contribution in [3.05, 3.63) is 0 Å². The Kier molecular flexibility index (Phi) is 5.02. The summed E-state index contributed by atoms with van der Waals surface area (Å²) in [5, 5.41) is 1.14. The van der Waals surface area contributed by atoms with Gasteiger partial charge in [0.15, 0.2) is 0 Å². The summed E-state index contributed by atoms with van der Waals surface area (Å²) in [5.41, 5.74) is 5.94. The number of hydrogen-bond acceptors (Lipinski definition) is 3. The first-order valence-electron chi connectivity index (χ1n) is 4.82. The predicted octanol–water partition coefficient (Wildman–Crippen LogP) is 1.99. The van der Waals surface area contributed by atoms with Crippen molar-refractivity contribution < 1.29 is 0 Å². The van der Waals surface area contributed by atoms with Gasteiger partial charge >= 0.3 is 0 Å². The van der Waals surface area contributed by atoms with Gasteiger partial charge in [-0.15, -0.1) is 11.8 Å². The number of amidine groups is 1. The molecule has 76 valence electrons. The average Bonchev–Trinajstić information content (AvgIpc) is 2.18. The van der Waals surface area contributed by atoms with Crippen LogP contribution in [0, 0.1) is 0 Å². The summed E-state index contributed by atoms with van der Waals surface area (Å²) >= 11 is 4.01. The smallest absolute Gasteiger partial charge is 0.108 e. The molecule has 0 bridgehead atoms. The zero-order valence-corrected chi connectivity index (χ0v) is 9.96. The summed E-state index contributed by atoms with van der Waals surface area (Å²) in [4.78, 5) is 4.31. The molecule has 2 N–H and O–H groups in total. The zero-order valence-electron chi connectivity index (χ0n) is 8.32. The molecule has 0 amide bonds. The van der Waals surface area contributed by atoms with E-state index in [1.54, 1.807) is 0 Å². The lowest BCUT2D eigenvalue weighted by atomic mass is 10.2. The summed E-state index contributed by atoms with van der Waals surface area (Å²) in [6.07, 6.45) is 1.20. The lowest BCUT2D eigenvalue weighted by molar-refractivity contribution is 0.854. The highest BCUT2D eigenvalue weighted by Gasteiger charge is 2.27. The fraction of sp³-hybridized carbons (Fsp3) is 0.889. The largest absolute Gasteiger partial charge is 0.387 e. The van der Waals surface area contributed by atoms with E-state index in [1.165, 1.54) is 17.9 Å². The Morgan fingerprint density at radius 1 is 1.38 bits per heavy atom. The highest BCUT2D eigenvalue weighted by Crippen LogP contribution is 2.33. The third kappa shape index (κ3) is 3.09. The molecule has 0 spiro atoms. The van der Waals surface area contributed by atoms with E-state index in [0.717, 1.165) is 12.4 Å². The first-order chi connectivity index (χ1) is 6.29. The van der Waals surface area contributed by atoms with Gasteiger partial charge in [0.05, 0.1) is 5.25 Å². The van der Waals surface area contributed by atoms with E-state index in [1.807, 2.05) is 30.4 Å². The summed E-state index contributed by atoms with van der Waals surface area (Å²) in [6.45, 7) is 5.08. The van der Waals surface area contributed by atoms with Gasteiger partial charge in [-0.25, -0.2) is 0 Å². The van der Waals surface area contributed by atoms with Crippen molar-refractivity contribution in [2.24, 2.45) is 10.7 Å². The monoisotopic (exact) mass is 218 g/mol. The average molecular weight is 218 g/mol. The van der Waals surface area contributed by atoms with Gasteiger partial charge in [-0.1, -0.05) is 6.92 Å². The number of nitrogens with zero attached hydrogens (tertiary/aromatic N) is 1. The van der Waals surface area contributed by atoms with Crippen molar-refractivity contribution in [3.8, 4) is 0 Å². The number of aliphatic imine (C=N–C) groups is 1. The second kappa shape index (κ2) is 5.81. The van der Waals surface area contributed by atoms with Crippen LogP contribution in [0.1, 0.15) is 20.3 Å². The molecular formula is C9H18N2S2. The van der Waals surface area contributed by atoms with E-state index >= 15 is 0 Å². The molecule has 13 heavy (non-hydrogen) atoms. The minimum Gasteiger partial charge on any atom is -0.387 e. The molecule has 0 aromatic rings. The fourth-order valence-electron chi connectivity index (χ4n) is 1.45. The fourth-order valence-corrected chi connectivity index (χ4v) is 4.45. The van der Waals surface area contributed by atoms with Crippen LogP contribution in [0.3, 0.4) is 0 Å². The highest BCUT2D eigenvalue weighted by atomic mass is 32.2. The van der Waals surface area contributed by atoms with Gasteiger partial charge < -0.3 is 5.73 Å². The van der Waals surface area contributed by atoms with Crippen molar-refractivity contribution in [3.63, 3.8) is 0 Å². The maximum absolute atomic E-state index is 5.94. The second-order valence-electron chi connectivity index (χ2n) is 3.01. The minimum atomic E-state index is 0.462. The molecule has 1 saturated heterocycles. The maximum atomic E-state index is 5.94. The number of nitrogens with two attached hydrogens (primary N) is 1. The second-order valence-corrected chi connectivity index (χ2v) is 5.60. The molecule has 1 aliphatic heterocycles. The van der Waals surface area contributed by atoms with Crippen LogP contribution in [-0.4, -0.2) is 34.4 Å². The van der Waals surface area contributed by atoms with Crippen LogP contribution in [0.2, 0.25) is 0 Å². The maximum Gasteiger partial charge on any atom is 0.108 e. The number of rotatable bonds is 3. The molecular weight excluding hydrogens is 200 g/mol. The molecule has 0 saturated carbocycles. The van der Waals surface area contributed by atoms with Crippen LogP contribution in [0.5, 0.6) is 0 Å². The first kappa shape index (κ1) is 11.2. The van der Waals surface area contributed by atoms with E-state index in [-0.39, 0.29) is 0 Å². The Labute approximate surface area is 89.1 Å². The summed E-state index contributed by atoms with van der Waals surface area (Å²) in [7, 11) is 0. The third-order valence-corrected chi connectivity index (χ3v) is 5.36. The number of hydrogen-bond donors (Lipinski definition) is 1. The van der Waals surface area contributed by atoms with Crippen LogP contribution in [0.15, 0.2) is 4.99 Å². The molecule has 2 atom stereocenters. The van der Waals surface area contributed by atoms with E-state index in [4.69, 9.17) is 5.73 Å². The Balaban J connectivity index is 2.58. The zero-order chi connectivity index (χ0) is 9.68. The van der Waals surface area contributed by atoms with Crippen molar-refractivity contribution >= 4 is 29.4 Å². The van der Waals surface area contributed by atoms with Crippen LogP contribution < -0.4 is 5.73 Å². The quantitative estimate of drug-likeness (QED) is 0.581. The SMILES string of the molecule is CCN=C(N)C1SCCSC1CC. The third-order valence-electron chi connectivity index (χ3n) is 2.08. The molecule has 2 nitrogen and oxygen atoms in total. The van der Waals surface area contributed by atoms with Gasteiger partial charge in [0.2, 0.25) is 0 Å². The summed E-state index contributed by atoms with van der Waals surface area (Å²) in [6, 6.07) is 0. The Morgan fingerprint density at radius 2 is 2.08 bits per heavy atom. The molecule has 0 aromatic carbocycles. The number of thioether (sulfide) groups is 2. The van der Waals surface area contributed by atoms with Gasteiger partial charge in [-0.2, -0.15) is 11.8 Å². The Bertz CT molecular complexity index is 182. The van der Waals surface area contributed by atoms with Gasteiger partial charge in [-0.05, 0) is 13.3 Å². The molecule has 4 heteroatoms. The molecule has 2 unspecified atom stereocenters. The normalized spacial score (nSPS) is 30.5. The minimum absolute atomic E-state index is 0.462. The summed E-state index contributed by atoms with van der Waals surface area (Å²) in [5.74, 6) is 3.33. The highest BCUT2D eigenvalue weighted by molar-refractivity contribution is 8.07. The molecule has 1 rings (SSSR count). The lowest BCUT2D eigenvalue weighted by Gasteiger charge is -2.29. The first-order valence-corrected chi connectivity index (χ1v) is 6.92. The van der Waals surface area contributed by atoms with Crippen molar-refractivity contribution in [2.45, 2.75) is 30.8 Å². The van der Waals surface area contributed by atoms with Crippen molar-refractivity contribution in [2.75, 3.05) is 18.1 Å². The van der Waals surface area contributed by atoms with Crippen molar-refractivity contribution in [1.29, 1.82) is 0 Å². The molecule has 1 fully saturated rings. The van der Waals surface area contributed by atoms with E-state index < -0.39 is 0 Å². The van der Waals surface area contributed by atoms with Gasteiger partial charge in [-0.3, -0.25) is 4.99 Å². The molecule has 1 heterocycles. The van der Waals surface area contributed by atoms with Gasteiger partial charge in [0, 0.05) is 23.3 Å². The van der Waals surface area contributed by atoms with E-state index in [9.17, 15) is 0 Å². The predicted molar refractivity (Wildman–Crippen MR) is 64.9 cm³/mol. The lowest BCUT2D eigenvalue weighted by Crippen LogP contribution is -2.37. The van der Waals surface area contributed by atoms with Crippen LogP contribution in [0.25, 0.3) is 0 Å². The van der Waals surface area contributed by atoms with E-state index in [0.29, 0.717) is 10.5 Å². The van der Waals surface area contributed by atoms with Crippen LogP contribution in [-0.2, 0) is 0 Å². The summed E-state index contributed by atoms with van der Waals surface area (Å²) < 4.78 is 0. The van der Waals surface area contributed by atoms with Crippen LogP contribution in [0.4, 0.5) is 0 Å². The molecule has 1 aliphatic rings. The van der Waals surface area contributed by atoms with Gasteiger partial charge in [0.25, 0.3) is 0 Å². The topological polar surface area (TPSA) is 38.4 Å². The molecule has 0 radical (unpaired) electrons. The van der Waals surface area contributed by atoms with Gasteiger partial charge in [0.1, 0.15) is 5.84 Å².